The number of rotatable bonds is 3. The van der Waals surface area contributed by atoms with E-state index in [4.69, 9.17) is 0 Å². The molecule has 1 N–H and O–H groups in total. The quantitative estimate of drug-likeness (QED) is 0.858. The van der Waals surface area contributed by atoms with Gasteiger partial charge in [0.1, 0.15) is 4.87 Å². The van der Waals surface area contributed by atoms with Gasteiger partial charge >= 0.3 is 0 Å². The van der Waals surface area contributed by atoms with E-state index in [-0.39, 0.29) is 21.7 Å². The number of benzene rings is 1. The van der Waals surface area contributed by atoms with E-state index in [1.807, 2.05) is 13.0 Å². The molecular weight excluding hydrogens is 362 g/mol. The number of hydrogen-bond acceptors (Lipinski definition) is 6. The third-order valence-electron chi connectivity index (χ3n) is 3.67. The maximum Gasteiger partial charge on any atom is 0.240 e. The first-order valence-electron chi connectivity index (χ1n) is 7.61. The zero-order valence-corrected chi connectivity index (χ0v) is 16.4. The third kappa shape index (κ3) is 4.21. The number of hydrogen-bond donors (Lipinski definition) is 1. The fraction of sp³-hybridized carbons (Fsp3) is 0.438. The molecule has 1 heterocycles. The second-order valence-electron chi connectivity index (χ2n) is 6.22. The van der Waals surface area contributed by atoms with Crippen molar-refractivity contribution in [2.75, 3.05) is 5.75 Å². The van der Waals surface area contributed by atoms with Crippen LogP contribution in [0.4, 0.5) is 0 Å². The molecule has 0 radical (unpaired) electrons. The lowest BCUT2D eigenvalue weighted by Crippen LogP contribution is -2.45. The Balaban J connectivity index is 2.38. The average molecular weight is 383 g/mol. The van der Waals surface area contributed by atoms with Crippen molar-refractivity contribution in [3.05, 3.63) is 29.3 Å². The van der Waals surface area contributed by atoms with Crippen molar-refractivity contribution in [2.45, 2.75) is 44.4 Å². The number of sulfone groups is 1. The highest BCUT2D eigenvalue weighted by molar-refractivity contribution is 8.15. The highest BCUT2D eigenvalue weighted by atomic mass is 32.2. The summed E-state index contributed by atoms with van der Waals surface area (Å²) in [5.74, 6) is -1.05. The Morgan fingerprint density at radius 2 is 1.92 bits per heavy atom. The zero-order chi connectivity index (χ0) is 19.0. The molecule has 25 heavy (non-hydrogen) atoms. The number of amidine groups is 1. The largest absolute Gasteiger partial charge is 0.304 e. The molecular formula is C16H21N3O4S2. The first-order chi connectivity index (χ1) is 11.4. The molecule has 1 atom stereocenters. The average Bonchev–Trinajstić information content (AvgIpc) is 2.76. The topological polar surface area (TPSA) is 95.9 Å². The van der Waals surface area contributed by atoms with Crippen molar-refractivity contribution in [1.82, 2.24) is 10.3 Å². The predicted octanol–water partition coefficient (Wildman–Crippen LogP) is 1.80. The van der Waals surface area contributed by atoms with Crippen LogP contribution in [0.15, 0.2) is 28.2 Å². The summed E-state index contributed by atoms with van der Waals surface area (Å²) in [6.45, 7) is 7.82. The van der Waals surface area contributed by atoms with Crippen LogP contribution in [0.2, 0.25) is 0 Å². The summed E-state index contributed by atoms with van der Waals surface area (Å²) in [4.78, 5) is 22.3. The lowest BCUT2D eigenvalue weighted by molar-refractivity contribution is -0.131. The SMILES string of the molecule is CC(=O)NC1=NN(C(C)=O)C(C)(CS(=O)(=O)c2cc(C)ccc2C)S1. The predicted molar refractivity (Wildman–Crippen MR) is 97.7 cm³/mol. The molecule has 0 spiro atoms. The van der Waals surface area contributed by atoms with Crippen molar-refractivity contribution in [2.24, 2.45) is 5.10 Å². The second kappa shape index (κ2) is 6.80. The fourth-order valence-electron chi connectivity index (χ4n) is 2.64. The molecule has 1 aliphatic heterocycles. The summed E-state index contributed by atoms with van der Waals surface area (Å²) >= 11 is 1.05. The van der Waals surface area contributed by atoms with Crippen molar-refractivity contribution in [1.29, 1.82) is 0 Å². The molecule has 1 aliphatic rings. The standard InChI is InChI=1S/C16H21N3O4S2/c1-10-6-7-11(2)14(8-10)25(22,23)9-16(5)19(13(4)21)18-15(24-16)17-12(3)20/h6-8H,9H2,1-5H3,(H,17,18,20). The van der Waals surface area contributed by atoms with E-state index in [1.54, 1.807) is 26.0 Å². The molecule has 0 saturated carbocycles. The number of amides is 2. The lowest BCUT2D eigenvalue weighted by atomic mass is 10.2. The highest BCUT2D eigenvalue weighted by Crippen LogP contribution is 2.39. The molecule has 0 bridgehead atoms. The van der Waals surface area contributed by atoms with E-state index in [1.165, 1.54) is 13.8 Å². The van der Waals surface area contributed by atoms with Gasteiger partial charge in [-0.15, -0.1) is 5.10 Å². The minimum Gasteiger partial charge on any atom is -0.304 e. The lowest BCUT2D eigenvalue weighted by Gasteiger charge is -2.30. The fourth-order valence-corrected chi connectivity index (χ4v) is 6.23. The highest BCUT2D eigenvalue weighted by Gasteiger charge is 2.46. The zero-order valence-electron chi connectivity index (χ0n) is 14.8. The Labute approximate surface area is 151 Å². The van der Waals surface area contributed by atoms with Gasteiger partial charge < -0.3 is 5.32 Å². The number of carbonyl (C=O) groups excluding carboxylic acids is 2. The minimum absolute atomic E-state index is 0.210. The summed E-state index contributed by atoms with van der Waals surface area (Å²) in [5.41, 5.74) is 1.49. The van der Waals surface area contributed by atoms with E-state index < -0.39 is 20.6 Å². The number of thioether (sulfide) groups is 1. The van der Waals surface area contributed by atoms with Gasteiger partial charge in [0.25, 0.3) is 0 Å². The molecule has 136 valence electrons. The van der Waals surface area contributed by atoms with Gasteiger partial charge in [-0.2, -0.15) is 0 Å². The van der Waals surface area contributed by atoms with Crippen LogP contribution in [0.25, 0.3) is 0 Å². The van der Waals surface area contributed by atoms with Gasteiger partial charge in [0, 0.05) is 13.8 Å². The Morgan fingerprint density at radius 3 is 2.48 bits per heavy atom. The van der Waals surface area contributed by atoms with Gasteiger partial charge in [0.2, 0.25) is 11.8 Å². The maximum absolute atomic E-state index is 13.0. The Bertz CT molecular complexity index is 864. The van der Waals surface area contributed by atoms with Crippen LogP contribution >= 0.6 is 11.8 Å². The van der Waals surface area contributed by atoms with Gasteiger partial charge in [-0.1, -0.05) is 23.9 Å². The number of aryl methyl sites for hydroxylation is 2. The smallest absolute Gasteiger partial charge is 0.240 e. The molecule has 2 amide bonds. The summed E-state index contributed by atoms with van der Waals surface area (Å²) in [7, 11) is -3.67. The van der Waals surface area contributed by atoms with Gasteiger partial charge in [-0.05, 0) is 38.0 Å². The molecule has 0 saturated heterocycles. The van der Waals surface area contributed by atoms with E-state index >= 15 is 0 Å². The van der Waals surface area contributed by atoms with Crippen molar-refractivity contribution in [3.8, 4) is 0 Å². The Hall–Kier alpha value is -1.87. The van der Waals surface area contributed by atoms with E-state index in [2.05, 4.69) is 10.4 Å². The summed E-state index contributed by atoms with van der Waals surface area (Å²) < 4.78 is 25.9. The van der Waals surface area contributed by atoms with Crippen LogP contribution in [0.3, 0.4) is 0 Å². The van der Waals surface area contributed by atoms with Crippen LogP contribution < -0.4 is 5.32 Å². The van der Waals surface area contributed by atoms with Crippen LogP contribution in [0.5, 0.6) is 0 Å². The summed E-state index contributed by atoms with van der Waals surface area (Å²) in [6.07, 6.45) is 0. The molecule has 1 aromatic rings. The van der Waals surface area contributed by atoms with Gasteiger partial charge in [-0.25, -0.2) is 13.4 Å². The minimum atomic E-state index is -3.67. The molecule has 1 aromatic carbocycles. The van der Waals surface area contributed by atoms with Crippen LogP contribution in [0.1, 0.15) is 31.9 Å². The van der Waals surface area contributed by atoms with E-state index in [0.717, 1.165) is 22.3 Å². The number of nitrogens with zero attached hydrogens (tertiary/aromatic N) is 2. The molecule has 0 aliphatic carbocycles. The molecule has 1 unspecified atom stereocenters. The molecule has 0 fully saturated rings. The van der Waals surface area contributed by atoms with Crippen LogP contribution in [-0.2, 0) is 19.4 Å². The van der Waals surface area contributed by atoms with Crippen LogP contribution in [0, 0.1) is 13.8 Å². The Morgan fingerprint density at radius 1 is 1.28 bits per heavy atom. The van der Waals surface area contributed by atoms with Gasteiger partial charge in [-0.3, -0.25) is 9.59 Å². The Kier molecular flexibility index (Phi) is 5.29. The number of hydrazone groups is 1. The van der Waals surface area contributed by atoms with Gasteiger partial charge in [0.05, 0.1) is 10.6 Å². The molecule has 0 aromatic heterocycles. The monoisotopic (exact) mass is 383 g/mol. The second-order valence-corrected chi connectivity index (χ2v) is 9.65. The van der Waals surface area contributed by atoms with E-state index in [0.29, 0.717) is 5.56 Å². The van der Waals surface area contributed by atoms with Crippen LogP contribution in [-0.4, -0.2) is 41.0 Å². The van der Waals surface area contributed by atoms with Gasteiger partial charge in [0.15, 0.2) is 15.0 Å². The normalized spacial score (nSPS) is 20.4. The van der Waals surface area contributed by atoms with Crippen molar-refractivity contribution in [3.63, 3.8) is 0 Å². The third-order valence-corrected chi connectivity index (χ3v) is 7.04. The van der Waals surface area contributed by atoms with Crippen molar-refractivity contribution < 1.29 is 18.0 Å². The molecule has 9 heteroatoms. The summed E-state index contributed by atoms with van der Waals surface area (Å²) in [6, 6.07) is 5.23. The molecule has 2 rings (SSSR count). The van der Waals surface area contributed by atoms with Crippen molar-refractivity contribution >= 4 is 38.6 Å². The van der Waals surface area contributed by atoms with E-state index in [9.17, 15) is 18.0 Å². The molecule has 7 nitrogen and oxygen atoms in total. The summed E-state index contributed by atoms with van der Waals surface area (Å²) in [5, 5.41) is 7.91. The maximum atomic E-state index is 13.0. The number of nitrogens with one attached hydrogen (secondary N) is 1. The first kappa shape index (κ1) is 19.5. The number of carbonyl (C=O) groups is 2. The first-order valence-corrected chi connectivity index (χ1v) is 10.1.